The second-order valence-corrected chi connectivity index (χ2v) is 7.91. The maximum Gasteiger partial charge on any atom is 0.165 e. The van der Waals surface area contributed by atoms with Crippen LogP contribution < -0.4 is 4.74 Å². The fourth-order valence-corrected chi connectivity index (χ4v) is 2.81. The molecule has 0 N–H and O–H groups in total. The summed E-state index contributed by atoms with van der Waals surface area (Å²) >= 11 is 0. The number of halogens is 1. The quantitative estimate of drug-likeness (QED) is 0.405. The van der Waals surface area contributed by atoms with Crippen molar-refractivity contribution < 1.29 is 13.9 Å². The van der Waals surface area contributed by atoms with Crippen LogP contribution in [0.15, 0.2) is 78.9 Å². The Bertz CT molecular complexity index is 944. The SMILES string of the molecule is Cc1ccc(C=CC(C)(C)COCc2ccc(F)c(Oc3ccccc3)c2)cc1. The molecule has 29 heavy (non-hydrogen) atoms. The van der Waals surface area contributed by atoms with E-state index >= 15 is 0 Å². The molecule has 0 aliphatic carbocycles. The zero-order chi connectivity index (χ0) is 20.7. The lowest BCUT2D eigenvalue weighted by molar-refractivity contribution is 0.0719. The molecule has 0 fully saturated rings. The zero-order valence-electron chi connectivity index (χ0n) is 17.2. The predicted molar refractivity (Wildman–Crippen MR) is 117 cm³/mol. The molecule has 0 atom stereocenters. The van der Waals surface area contributed by atoms with Crippen molar-refractivity contribution in [3.8, 4) is 11.5 Å². The van der Waals surface area contributed by atoms with E-state index in [0.29, 0.717) is 19.0 Å². The van der Waals surface area contributed by atoms with Crippen LogP contribution in [-0.4, -0.2) is 6.61 Å². The van der Waals surface area contributed by atoms with Crippen molar-refractivity contribution in [1.82, 2.24) is 0 Å². The molecule has 0 unspecified atom stereocenters. The van der Waals surface area contributed by atoms with Crippen molar-refractivity contribution in [3.05, 3.63) is 101 Å². The van der Waals surface area contributed by atoms with Crippen LogP contribution in [0.5, 0.6) is 11.5 Å². The Kier molecular flexibility index (Phi) is 6.84. The van der Waals surface area contributed by atoms with Crippen LogP contribution >= 0.6 is 0 Å². The molecule has 3 heteroatoms. The van der Waals surface area contributed by atoms with E-state index < -0.39 is 0 Å². The van der Waals surface area contributed by atoms with Crippen LogP contribution in [0.3, 0.4) is 0 Å². The molecule has 0 heterocycles. The van der Waals surface area contributed by atoms with Crippen LogP contribution in [-0.2, 0) is 11.3 Å². The molecule has 150 valence electrons. The van der Waals surface area contributed by atoms with Gasteiger partial charge < -0.3 is 9.47 Å². The van der Waals surface area contributed by atoms with Gasteiger partial charge in [-0.25, -0.2) is 4.39 Å². The van der Waals surface area contributed by atoms with Crippen molar-refractivity contribution in [2.45, 2.75) is 27.4 Å². The largest absolute Gasteiger partial charge is 0.454 e. The van der Waals surface area contributed by atoms with Gasteiger partial charge in [-0.3, -0.25) is 0 Å². The van der Waals surface area contributed by atoms with Crippen LogP contribution in [0.2, 0.25) is 0 Å². The van der Waals surface area contributed by atoms with Crippen molar-refractivity contribution in [2.75, 3.05) is 6.61 Å². The summed E-state index contributed by atoms with van der Waals surface area (Å²) in [7, 11) is 0. The summed E-state index contributed by atoms with van der Waals surface area (Å²) in [6.07, 6.45) is 4.28. The molecule has 2 nitrogen and oxygen atoms in total. The van der Waals surface area contributed by atoms with Gasteiger partial charge in [0.25, 0.3) is 0 Å². The van der Waals surface area contributed by atoms with Crippen LogP contribution in [0, 0.1) is 18.2 Å². The van der Waals surface area contributed by atoms with Gasteiger partial charge in [0.15, 0.2) is 11.6 Å². The summed E-state index contributed by atoms with van der Waals surface area (Å²) in [5, 5.41) is 0. The highest BCUT2D eigenvalue weighted by Gasteiger charge is 2.14. The predicted octanol–water partition coefficient (Wildman–Crippen LogP) is 7.18. The molecule has 0 aliphatic rings. The standard InChI is InChI=1S/C26H27FO2/c1-20-9-11-21(12-10-20)15-16-26(2,3)19-28-18-22-13-14-24(27)25(17-22)29-23-7-5-4-6-8-23/h4-17H,18-19H2,1-3H3. The lowest BCUT2D eigenvalue weighted by Crippen LogP contribution is -2.16. The monoisotopic (exact) mass is 390 g/mol. The van der Waals surface area contributed by atoms with Crippen LogP contribution in [0.1, 0.15) is 30.5 Å². The van der Waals surface area contributed by atoms with Gasteiger partial charge in [0.2, 0.25) is 0 Å². The molecule has 0 saturated carbocycles. The molecule has 0 aliphatic heterocycles. The number of aryl methyl sites for hydroxylation is 1. The smallest absolute Gasteiger partial charge is 0.165 e. The average molecular weight is 390 g/mol. The Morgan fingerprint density at radius 2 is 1.66 bits per heavy atom. The zero-order valence-corrected chi connectivity index (χ0v) is 17.2. The first kappa shape index (κ1) is 20.8. The normalized spacial score (nSPS) is 11.7. The second kappa shape index (κ2) is 9.53. The van der Waals surface area contributed by atoms with Gasteiger partial charge >= 0.3 is 0 Å². The Balaban J connectivity index is 1.56. The highest BCUT2D eigenvalue weighted by molar-refractivity contribution is 5.50. The van der Waals surface area contributed by atoms with Gasteiger partial charge in [-0.2, -0.15) is 0 Å². The Morgan fingerprint density at radius 1 is 0.931 bits per heavy atom. The number of hydrogen-bond donors (Lipinski definition) is 0. The van der Waals surface area contributed by atoms with Crippen molar-refractivity contribution in [1.29, 1.82) is 0 Å². The molecule has 0 saturated heterocycles. The van der Waals surface area contributed by atoms with E-state index in [-0.39, 0.29) is 17.0 Å². The lowest BCUT2D eigenvalue weighted by Gasteiger charge is -2.20. The molecule has 3 aromatic rings. The minimum absolute atomic E-state index is 0.117. The van der Waals surface area contributed by atoms with Gasteiger partial charge in [0.05, 0.1) is 13.2 Å². The summed E-state index contributed by atoms with van der Waals surface area (Å²) < 4.78 is 25.6. The highest BCUT2D eigenvalue weighted by Crippen LogP contribution is 2.26. The first-order chi connectivity index (χ1) is 13.9. The molecule has 3 rings (SSSR count). The Labute approximate surface area is 172 Å². The van der Waals surface area contributed by atoms with Gasteiger partial charge in [-0.05, 0) is 42.3 Å². The van der Waals surface area contributed by atoms with E-state index in [1.54, 1.807) is 24.3 Å². The molecular formula is C26H27FO2. The number of hydrogen-bond acceptors (Lipinski definition) is 2. The van der Waals surface area contributed by atoms with Crippen molar-refractivity contribution in [2.24, 2.45) is 5.41 Å². The molecule has 0 spiro atoms. The van der Waals surface area contributed by atoms with Crippen molar-refractivity contribution >= 4 is 6.08 Å². The van der Waals surface area contributed by atoms with E-state index in [1.807, 2.05) is 18.2 Å². The number of para-hydroxylation sites is 1. The molecule has 0 aromatic heterocycles. The molecular weight excluding hydrogens is 363 g/mol. The summed E-state index contributed by atoms with van der Waals surface area (Å²) in [6.45, 7) is 7.30. The minimum atomic E-state index is -0.390. The van der Waals surface area contributed by atoms with Crippen LogP contribution in [0.4, 0.5) is 4.39 Å². The third-order valence-corrected chi connectivity index (χ3v) is 4.51. The fraction of sp³-hybridized carbons (Fsp3) is 0.231. The molecule has 0 bridgehead atoms. The van der Waals surface area contributed by atoms with Gasteiger partial charge in [-0.15, -0.1) is 0 Å². The van der Waals surface area contributed by atoms with E-state index in [0.717, 1.165) is 5.56 Å². The Morgan fingerprint density at radius 3 is 2.38 bits per heavy atom. The summed E-state index contributed by atoms with van der Waals surface area (Å²) in [4.78, 5) is 0. The third-order valence-electron chi connectivity index (χ3n) is 4.51. The van der Waals surface area contributed by atoms with Crippen molar-refractivity contribution in [3.63, 3.8) is 0 Å². The van der Waals surface area contributed by atoms with Gasteiger partial charge in [-0.1, -0.05) is 80.1 Å². The summed E-state index contributed by atoms with van der Waals surface area (Å²) in [5.41, 5.74) is 3.18. The van der Waals surface area contributed by atoms with Gasteiger partial charge in [0.1, 0.15) is 5.75 Å². The number of rotatable bonds is 8. The summed E-state index contributed by atoms with van der Waals surface area (Å²) in [6, 6.07) is 22.4. The first-order valence-corrected chi connectivity index (χ1v) is 9.76. The van der Waals surface area contributed by atoms with E-state index in [1.165, 1.54) is 17.2 Å². The highest BCUT2D eigenvalue weighted by atomic mass is 19.1. The minimum Gasteiger partial charge on any atom is -0.454 e. The van der Waals surface area contributed by atoms with E-state index in [4.69, 9.17) is 9.47 Å². The molecule has 0 radical (unpaired) electrons. The number of ether oxygens (including phenoxy) is 2. The first-order valence-electron chi connectivity index (χ1n) is 9.76. The third kappa shape index (κ3) is 6.58. The average Bonchev–Trinajstić information content (AvgIpc) is 2.71. The topological polar surface area (TPSA) is 18.5 Å². The fourth-order valence-electron chi connectivity index (χ4n) is 2.81. The van der Waals surface area contributed by atoms with E-state index in [2.05, 4.69) is 57.2 Å². The van der Waals surface area contributed by atoms with E-state index in [9.17, 15) is 4.39 Å². The number of benzene rings is 3. The maximum atomic E-state index is 14.1. The molecule has 3 aromatic carbocycles. The Hall–Kier alpha value is -2.91. The second-order valence-electron chi connectivity index (χ2n) is 7.91. The van der Waals surface area contributed by atoms with Gasteiger partial charge in [0, 0.05) is 5.41 Å². The lowest BCUT2D eigenvalue weighted by atomic mass is 9.93. The maximum absolute atomic E-state index is 14.1. The molecule has 0 amide bonds. The van der Waals surface area contributed by atoms with Crippen LogP contribution in [0.25, 0.3) is 6.08 Å². The summed E-state index contributed by atoms with van der Waals surface area (Å²) in [5.74, 6) is 0.418.